The van der Waals surface area contributed by atoms with E-state index in [-0.39, 0.29) is 35.8 Å². The van der Waals surface area contributed by atoms with E-state index >= 15 is 0 Å². The fourth-order valence-corrected chi connectivity index (χ4v) is 2.90. The Bertz CT molecular complexity index is 568. The standard InChI is InChI=1S/C19H30N4O.HI/c1-14(2)10-11-21-19(20)22-13-15-6-5-9-17(12-15)23-18(24)16-7-3-4-8-16;/h5-6,9,12,14,16H,3-4,7-8,10-11,13H2,1-2H3,(H,23,24)(H3,20,21,22);1H. The Morgan fingerprint density at radius 1 is 1.32 bits per heavy atom. The molecule has 0 aliphatic heterocycles. The van der Waals surface area contributed by atoms with Crippen LogP contribution in [0, 0.1) is 11.8 Å². The molecule has 2 rings (SSSR count). The van der Waals surface area contributed by atoms with Crippen LogP contribution in [0.25, 0.3) is 0 Å². The lowest BCUT2D eigenvalue weighted by molar-refractivity contribution is -0.119. The van der Waals surface area contributed by atoms with Crippen molar-refractivity contribution in [3.05, 3.63) is 29.8 Å². The lowest BCUT2D eigenvalue weighted by Gasteiger charge is -2.11. The number of benzene rings is 1. The molecule has 1 amide bonds. The monoisotopic (exact) mass is 458 g/mol. The van der Waals surface area contributed by atoms with Crippen LogP contribution in [0.4, 0.5) is 5.69 Å². The normalized spacial score (nSPS) is 15.1. The van der Waals surface area contributed by atoms with E-state index in [0.29, 0.717) is 18.4 Å². The molecule has 5 nitrogen and oxygen atoms in total. The van der Waals surface area contributed by atoms with Crippen LogP contribution in [0.1, 0.15) is 51.5 Å². The number of halogens is 1. The average molecular weight is 458 g/mol. The Labute approximate surface area is 168 Å². The minimum absolute atomic E-state index is 0. The molecule has 0 unspecified atom stereocenters. The fourth-order valence-electron chi connectivity index (χ4n) is 2.90. The third kappa shape index (κ3) is 8.07. The molecular formula is C19H31IN4O. The van der Waals surface area contributed by atoms with Gasteiger partial charge in [-0.2, -0.15) is 0 Å². The molecule has 0 radical (unpaired) electrons. The number of aliphatic imine (C=N–C) groups is 1. The summed E-state index contributed by atoms with van der Waals surface area (Å²) in [6, 6.07) is 7.83. The largest absolute Gasteiger partial charge is 0.370 e. The van der Waals surface area contributed by atoms with Crippen molar-refractivity contribution in [2.45, 2.75) is 52.5 Å². The quantitative estimate of drug-likeness (QED) is 0.330. The molecule has 140 valence electrons. The summed E-state index contributed by atoms with van der Waals surface area (Å²) in [5.41, 5.74) is 7.75. The highest BCUT2D eigenvalue weighted by atomic mass is 127. The average Bonchev–Trinajstić information content (AvgIpc) is 3.07. The van der Waals surface area contributed by atoms with Crippen LogP contribution >= 0.6 is 24.0 Å². The van der Waals surface area contributed by atoms with Crippen LogP contribution in [0.15, 0.2) is 29.3 Å². The SMILES string of the molecule is CC(C)CCNC(N)=NCc1cccc(NC(=O)C2CCCC2)c1.I. The lowest BCUT2D eigenvalue weighted by atomic mass is 10.1. The van der Waals surface area contributed by atoms with E-state index in [0.717, 1.165) is 49.9 Å². The second-order valence-electron chi connectivity index (χ2n) is 6.98. The summed E-state index contributed by atoms with van der Waals surface area (Å²) < 4.78 is 0. The number of hydrogen-bond donors (Lipinski definition) is 3. The topological polar surface area (TPSA) is 79.5 Å². The van der Waals surface area contributed by atoms with Gasteiger partial charge in [-0.05, 0) is 42.9 Å². The highest BCUT2D eigenvalue weighted by molar-refractivity contribution is 14.0. The second kappa shape index (κ2) is 11.3. The molecular weight excluding hydrogens is 427 g/mol. The van der Waals surface area contributed by atoms with Crippen LogP contribution < -0.4 is 16.4 Å². The minimum Gasteiger partial charge on any atom is -0.370 e. The zero-order valence-corrected chi connectivity index (χ0v) is 17.6. The summed E-state index contributed by atoms with van der Waals surface area (Å²) in [6.45, 7) is 5.71. The van der Waals surface area contributed by atoms with Gasteiger partial charge in [0.15, 0.2) is 5.96 Å². The summed E-state index contributed by atoms with van der Waals surface area (Å²) in [4.78, 5) is 16.6. The number of amides is 1. The van der Waals surface area contributed by atoms with Crippen LogP contribution in [0.2, 0.25) is 0 Å². The Kier molecular flexibility index (Phi) is 9.85. The van der Waals surface area contributed by atoms with Gasteiger partial charge in [-0.15, -0.1) is 24.0 Å². The number of guanidine groups is 1. The van der Waals surface area contributed by atoms with E-state index in [9.17, 15) is 4.79 Å². The number of nitrogens with two attached hydrogens (primary N) is 1. The smallest absolute Gasteiger partial charge is 0.227 e. The van der Waals surface area contributed by atoms with Gasteiger partial charge in [-0.25, -0.2) is 4.99 Å². The van der Waals surface area contributed by atoms with Crippen LogP contribution in [-0.4, -0.2) is 18.4 Å². The van der Waals surface area contributed by atoms with Gasteiger partial charge in [0.2, 0.25) is 5.91 Å². The number of carbonyl (C=O) groups excluding carboxylic acids is 1. The van der Waals surface area contributed by atoms with E-state index in [4.69, 9.17) is 5.73 Å². The van der Waals surface area contributed by atoms with Gasteiger partial charge in [-0.3, -0.25) is 4.79 Å². The summed E-state index contributed by atoms with van der Waals surface area (Å²) >= 11 is 0. The van der Waals surface area contributed by atoms with E-state index in [1.807, 2.05) is 24.3 Å². The van der Waals surface area contributed by atoms with Crippen molar-refractivity contribution < 1.29 is 4.79 Å². The third-order valence-corrected chi connectivity index (χ3v) is 4.38. The highest BCUT2D eigenvalue weighted by Crippen LogP contribution is 2.26. The van der Waals surface area contributed by atoms with E-state index < -0.39 is 0 Å². The molecule has 1 aliphatic rings. The first-order valence-electron chi connectivity index (χ1n) is 8.98. The number of nitrogens with one attached hydrogen (secondary N) is 2. The molecule has 0 bridgehead atoms. The maximum absolute atomic E-state index is 12.2. The number of nitrogens with zero attached hydrogens (tertiary/aromatic N) is 1. The van der Waals surface area contributed by atoms with Crippen molar-refractivity contribution in [3.8, 4) is 0 Å². The molecule has 0 spiro atoms. The predicted octanol–water partition coefficient (Wildman–Crippen LogP) is 3.88. The molecule has 0 saturated heterocycles. The second-order valence-corrected chi connectivity index (χ2v) is 6.98. The summed E-state index contributed by atoms with van der Waals surface area (Å²) in [6.07, 6.45) is 5.41. The van der Waals surface area contributed by atoms with Crippen molar-refractivity contribution in [1.82, 2.24) is 5.32 Å². The van der Waals surface area contributed by atoms with Gasteiger partial charge >= 0.3 is 0 Å². The summed E-state index contributed by atoms with van der Waals surface area (Å²) in [7, 11) is 0. The molecule has 0 aromatic heterocycles. The van der Waals surface area contributed by atoms with E-state index in [1.54, 1.807) is 0 Å². The number of hydrogen-bond acceptors (Lipinski definition) is 2. The highest BCUT2D eigenvalue weighted by Gasteiger charge is 2.22. The lowest BCUT2D eigenvalue weighted by Crippen LogP contribution is -2.32. The summed E-state index contributed by atoms with van der Waals surface area (Å²) in [5, 5.41) is 6.15. The predicted molar refractivity (Wildman–Crippen MR) is 115 cm³/mol. The molecule has 1 aromatic rings. The van der Waals surface area contributed by atoms with Gasteiger partial charge in [0.1, 0.15) is 0 Å². The van der Waals surface area contributed by atoms with Crippen molar-refractivity contribution in [2.24, 2.45) is 22.6 Å². The Morgan fingerprint density at radius 3 is 2.72 bits per heavy atom. The van der Waals surface area contributed by atoms with Crippen LogP contribution in [-0.2, 0) is 11.3 Å². The zero-order valence-electron chi connectivity index (χ0n) is 15.3. The van der Waals surface area contributed by atoms with Crippen LogP contribution in [0.3, 0.4) is 0 Å². The number of rotatable bonds is 7. The fraction of sp³-hybridized carbons (Fsp3) is 0.579. The minimum atomic E-state index is 0. The first-order valence-corrected chi connectivity index (χ1v) is 8.98. The third-order valence-electron chi connectivity index (χ3n) is 4.38. The van der Waals surface area contributed by atoms with Crippen molar-refractivity contribution in [2.75, 3.05) is 11.9 Å². The molecule has 6 heteroatoms. The first-order chi connectivity index (χ1) is 11.5. The molecule has 1 aliphatic carbocycles. The maximum Gasteiger partial charge on any atom is 0.227 e. The first kappa shape index (κ1) is 21.7. The molecule has 25 heavy (non-hydrogen) atoms. The number of carbonyl (C=O) groups is 1. The van der Waals surface area contributed by atoms with Crippen molar-refractivity contribution in [1.29, 1.82) is 0 Å². The maximum atomic E-state index is 12.2. The van der Waals surface area contributed by atoms with Gasteiger partial charge in [0, 0.05) is 18.2 Å². The van der Waals surface area contributed by atoms with Gasteiger partial charge in [-0.1, -0.05) is 38.8 Å². The van der Waals surface area contributed by atoms with Gasteiger partial charge in [0.25, 0.3) is 0 Å². The van der Waals surface area contributed by atoms with Crippen molar-refractivity contribution in [3.63, 3.8) is 0 Å². The molecule has 1 fully saturated rings. The van der Waals surface area contributed by atoms with Gasteiger partial charge in [0.05, 0.1) is 6.54 Å². The molecule has 4 N–H and O–H groups in total. The molecule has 0 heterocycles. The molecule has 1 aromatic carbocycles. The van der Waals surface area contributed by atoms with Gasteiger partial charge < -0.3 is 16.4 Å². The molecule has 0 atom stereocenters. The Balaban J connectivity index is 0.00000312. The van der Waals surface area contributed by atoms with Crippen LogP contribution in [0.5, 0.6) is 0 Å². The zero-order chi connectivity index (χ0) is 17.4. The van der Waals surface area contributed by atoms with E-state index in [2.05, 4.69) is 29.5 Å². The number of anilines is 1. The Morgan fingerprint density at radius 2 is 2.04 bits per heavy atom. The molecule has 1 saturated carbocycles. The van der Waals surface area contributed by atoms with Crippen molar-refractivity contribution >= 4 is 41.5 Å². The Hall–Kier alpha value is -1.31. The van der Waals surface area contributed by atoms with E-state index in [1.165, 1.54) is 0 Å². The summed E-state index contributed by atoms with van der Waals surface area (Å²) in [5.74, 6) is 1.43.